The molecule has 0 radical (unpaired) electrons. The summed E-state index contributed by atoms with van der Waals surface area (Å²) in [6, 6.07) is 7.60. The van der Waals surface area contributed by atoms with E-state index in [4.69, 9.17) is 16.3 Å². The van der Waals surface area contributed by atoms with Crippen LogP contribution in [0, 0.1) is 6.92 Å². The number of ether oxygens (including phenoxy) is 1. The first-order valence-electron chi connectivity index (χ1n) is 6.08. The minimum atomic E-state index is -0.553. The molecular weight excluding hydrogens is 264 g/mol. The van der Waals surface area contributed by atoms with Gasteiger partial charge in [0.1, 0.15) is 5.82 Å². The lowest BCUT2D eigenvalue weighted by Gasteiger charge is -2.12. The molecule has 0 spiro atoms. The normalized spacial score (nSPS) is 12.6. The van der Waals surface area contributed by atoms with Crippen LogP contribution in [0.5, 0.6) is 0 Å². The number of aliphatic hydroxyl groups excluding tert-OH is 1. The number of nitrogens with zero attached hydrogens (tertiary/aromatic N) is 1. The summed E-state index contributed by atoms with van der Waals surface area (Å²) in [6.45, 7) is 2.69. The van der Waals surface area contributed by atoms with Gasteiger partial charge in [-0.3, -0.25) is 0 Å². The molecule has 1 aromatic heterocycles. The van der Waals surface area contributed by atoms with Crippen LogP contribution in [0.15, 0.2) is 24.3 Å². The predicted molar refractivity (Wildman–Crippen MR) is 77.9 cm³/mol. The van der Waals surface area contributed by atoms with Crippen molar-refractivity contribution in [3.63, 3.8) is 0 Å². The Morgan fingerprint density at radius 2 is 2.16 bits per heavy atom. The molecule has 1 atom stereocenters. The van der Waals surface area contributed by atoms with Gasteiger partial charge in [0.2, 0.25) is 0 Å². The Labute approximate surface area is 117 Å². The predicted octanol–water partition coefficient (Wildman–Crippen LogP) is 2.62. The van der Waals surface area contributed by atoms with Crippen molar-refractivity contribution in [2.24, 2.45) is 0 Å². The second-order valence-corrected chi connectivity index (χ2v) is 4.85. The number of pyridine rings is 1. The van der Waals surface area contributed by atoms with Gasteiger partial charge in [0, 0.05) is 24.1 Å². The van der Waals surface area contributed by atoms with Crippen molar-refractivity contribution in [1.82, 2.24) is 4.98 Å². The number of aromatic nitrogens is 1. The standard InChI is InChI=1S/C14H17ClN2O2/c1-9-3-5-12(15)11-4-6-13(17-14(9)11)16-7-10(18)8-19-2/h3-6,10,18H,7-8H2,1-2H3,(H,16,17). The Morgan fingerprint density at radius 3 is 2.89 bits per heavy atom. The molecule has 4 nitrogen and oxygen atoms in total. The number of hydrogen-bond donors (Lipinski definition) is 2. The number of methoxy groups -OCH3 is 1. The maximum atomic E-state index is 9.59. The highest BCUT2D eigenvalue weighted by Crippen LogP contribution is 2.26. The fourth-order valence-electron chi connectivity index (χ4n) is 1.89. The van der Waals surface area contributed by atoms with Crippen molar-refractivity contribution in [1.29, 1.82) is 0 Å². The van der Waals surface area contributed by atoms with E-state index in [1.807, 2.05) is 31.2 Å². The van der Waals surface area contributed by atoms with E-state index in [0.717, 1.165) is 16.5 Å². The molecule has 0 aliphatic carbocycles. The molecule has 5 heteroatoms. The van der Waals surface area contributed by atoms with E-state index in [2.05, 4.69) is 10.3 Å². The number of halogens is 1. The largest absolute Gasteiger partial charge is 0.389 e. The summed E-state index contributed by atoms with van der Waals surface area (Å²) in [4.78, 5) is 4.52. The number of aliphatic hydroxyl groups is 1. The third kappa shape index (κ3) is 3.35. The number of rotatable bonds is 5. The Hall–Kier alpha value is -1.36. The maximum absolute atomic E-state index is 9.59. The molecule has 2 rings (SSSR count). The van der Waals surface area contributed by atoms with Gasteiger partial charge in [0.05, 0.1) is 18.2 Å². The van der Waals surface area contributed by atoms with Crippen LogP contribution in [0.2, 0.25) is 5.02 Å². The third-order valence-corrected chi connectivity index (χ3v) is 3.21. The van der Waals surface area contributed by atoms with Gasteiger partial charge < -0.3 is 15.2 Å². The Balaban J connectivity index is 2.20. The Morgan fingerprint density at radius 1 is 1.37 bits per heavy atom. The number of nitrogens with one attached hydrogen (secondary N) is 1. The van der Waals surface area contributed by atoms with E-state index in [9.17, 15) is 5.11 Å². The summed E-state index contributed by atoms with van der Waals surface area (Å²) in [5.74, 6) is 0.716. The molecule has 0 aliphatic heterocycles. The zero-order chi connectivity index (χ0) is 13.8. The molecule has 0 bridgehead atoms. The monoisotopic (exact) mass is 280 g/mol. The van der Waals surface area contributed by atoms with Crippen LogP contribution >= 0.6 is 11.6 Å². The van der Waals surface area contributed by atoms with E-state index in [1.54, 1.807) is 7.11 Å². The minimum Gasteiger partial charge on any atom is -0.389 e. The van der Waals surface area contributed by atoms with Crippen LogP contribution in [0.1, 0.15) is 5.56 Å². The number of fused-ring (bicyclic) bond motifs is 1. The lowest BCUT2D eigenvalue weighted by Crippen LogP contribution is -2.24. The van der Waals surface area contributed by atoms with E-state index in [0.29, 0.717) is 24.0 Å². The van der Waals surface area contributed by atoms with Gasteiger partial charge in [-0.1, -0.05) is 17.7 Å². The third-order valence-electron chi connectivity index (χ3n) is 2.88. The SMILES string of the molecule is COCC(O)CNc1ccc2c(Cl)ccc(C)c2n1. The Kier molecular flexibility index (Phi) is 4.58. The van der Waals surface area contributed by atoms with E-state index >= 15 is 0 Å². The summed E-state index contributed by atoms with van der Waals surface area (Å²) in [5.41, 5.74) is 1.94. The van der Waals surface area contributed by atoms with Gasteiger partial charge in [-0.05, 0) is 30.7 Å². The molecule has 0 saturated carbocycles. The smallest absolute Gasteiger partial charge is 0.126 e. The van der Waals surface area contributed by atoms with Gasteiger partial charge in [0.15, 0.2) is 0 Å². The highest BCUT2D eigenvalue weighted by Gasteiger charge is 2.07. The summed E-state index contributed by atoms with van der Waals surface area (Å²) >= 11 is 6.13. The lowest BCUT2D eigenvalue weighted by molar-refractivity contribution is 0.0727. The fourth-order valence-corrected chi connectivity index (χ4v) is 2.11. The molecule has 1 unspecified atom stereocenters. The molecule has 19 heavy (non-hydrogen) atoms. The average molecular weight is 281 g/mol. The van der Waals surface area contributed by atoms with Gasteiger partial charge in [-0.15, -0.1) is 0 Å². The molecular formula is C14H17ClN2O2. The second-order valence-electron chi connectivity index (χ2n) is 4.45. The van der Waals surface area contributed by atoms with Crippen molar-refractivity contribution in [2.45, 2.75) is 13.0 Å². The molecule has 0 fully saturated rings. The van der Waals surface area contributed by atoms with Crippen LogP contribution in [0.3, 0.4) is 0 Å². The molecule has 1 aromatic carbocycles. The molecule has 2 aromatic rings. The maximum Gasteiger partial charge on any atom is 0.126 e. The molecule has 0 aliphatic rings. The van der Waals surface area contributed by atoms with Gasteiger partial charge in [-0.2, -0.15) is 0 Å². The number of aryl methyl sites for hydroxylation is 1. The molecule has 2 N–H and O–H groups in total. The first-order chi connectivity index (χ1) is 9.11. The highest BCUT2D eigenvalue weighted by molar-refractivity contribution is 6.35. The number of anilines is 1. The van der Waals surface area contributed by atoms with Crippen LogP contribution in [0.4, 0.5) is 5.82 Å². The quantitative estimate of drug-likeness (QED) is 0.884. The zero-order valence-corrected chi connectivity index (χ0v) is 11.7. The van der Waals surface area contributed by atoms with Crippen LogP contribution < -0.4 is 5.32 Å². The number of hydrogen-bond acceptors (Lipinski definition) is 4. The second kappa shape index (κ2) is 6.19. The van der Waals surface area contributed by atoms with E-state index in [1.165, 1.54) is 0 Å². The lowest BCUT2D eigenvalue weighted by atomic mass is 10.1. The molecule has 0 saturated heterocycles. The average Bonchev–Trinajstić information content (AvgIpc) is 2.41. The van der Waals surface area contributed by atoms with Crippen LogP contribution in [-0.2, 0) is 4.74 Å². The van der Waals surface area contributed by atoms with Gasteiger partial charge >= 0.3 is 0 Å². The number of benzene rings is 1. The summed E-state index contributed by atoms with van der Waals surface area (Å²) in [7, 11) is 1.56. The van der Waals surface area contributed by atoms with Crippen LogP contribution in [-0.4, -0.2) is 36.5 Å². The molecule has 0 amide bonds. The highest BCUT2D eigenvalue weighted by atomic mass is 35.5. The van der Waals surface area contributed by atoms with Crippen LogP contribution in [0.25, 0.3) is 10.9 Å². The molecule has 1 heterocycles. The topological polar surface area (TPSA) is 54.4 Å². The van der Waals surface area contributed by atoms with Crippen molar-refractivity contribution in [3.05, 3.63) is 34.9 Å². The first kappa shape index (κ1) is 14.1. The first-order valence-corrected chi connectivity index (χ1v) is 6.46. The molecule has 102 valence electrons. The van der Waals surface area contributed by atoms with Gasteiger partial charge in [0.25, 0.3) is 0 Å². The summed E-state index contributed by atoms with van der Waals surface area (Å²) in [6.07, 6.45) is -0.553. The summed E-state index contributed by atoms with van der Waals surface area (Å²) < 4.78 is 4.87. The zero-order valence-electron chi connectivity index (χ0n) is 11.0. The van der Waals surface area contributed by atoms with Crippen molar-refractivity contribution < 1.29 is 9.84 Å². The van der Waals surface area contributed by atoms with E-state index < -0.39 is 6.10 Å². The van der Waals surface area contributed by atoms with E-state index in [-0.39, 0.29) is 0 Å². The summed E-state index contributed by atoms with van der Waals surface area (Å²) in [5, 5.41) is 14.3. The fraction of sp³-hybridized carbons (Fsp3) is 0.357. The Bertz CT molecular complexity index is 575. The van der Waals surface area contributed by atoms with Gasteiger partial charge in [-0.25, -0.2) is 4.98 Å². The minimum absolute atomic E-state index is 0.297. The van der Waals surface area contributed by atoms with Crippen molar-refractivity contribution >= 4 is 28.3 Å². The van der Waals surface area contributed by atoms with Crippen molar-refractivity contribution in [2.75, 3.05) is 25.6 Å². The van der Waals surface area contributed by atoms with Crippen molar-refractivity contribution in [3.8, 4) is 0 Å².